The third-order valence-corrected chi connectivity index (χ3v) is 12.5. The molecule has 220 valence electrons. The van der Waals surface area contributed by atoms with Crippen molar-refractivity contribution in [3.63, 3.8) is 0 Å². The molecule has 4 aliphatic rings. The number of carbonyl (C=O) groups is 1. The summed E-state index contributed by atoms with van der Waals surface area (Å²) >= 11 is 0. The number of carbonyl (C=O) groups excluding carboxylic acids is 1. The lowest BCUT2D eigenvalue weighted by Crippen LogP contribution is -2.54. The number of hydrogen-bond donors (Lipinski definition) is 1. The third-order valence-electron chi connectivity index (χ3n) is 12.5. The normalized spacial score (nSPS) is 38.5. The fourth-order valence-electron chi connectivity index (χ4n) is 10.4. The molecule has 1 aromatic rings. The highest BCUT2D eigenvalue weighted by atomic mass is 16.6. The molecule has 4 saturated carbocycles. The van der Waals surface area contributed by atoms with E-state index in [1.54, 1.807) is 6.20 Å². The van der Waals surface area contributed by atoms with Crippen LogP contribution in [0.4, 0.5) is 4.79 Å². The molecule has 5 nitrogen and oxygen atoms in total. The first-order valence-corrected chi connectivity index (χ1v) is 16.6. The molecule has 0 bridgehead atoms. The average molecular weight is 540 g/mol. The Balaban J connectivity index is 1.12. The van der Waals surface area contributed by atoms with Gasteiger partial charge in [0.05, 0.1) is 6.33 Å². The quantitative estimate of drug-likeness (QED) is 0.303. The fourth-order valence-corrected chi connectivity index (χ4v) is 10.4. The highest BCUT2D eigenvalue weighted by molar-refractivity contribution is 5.67. The minimum absolute atomic E-state index is 0.0877. The van der Waals surface area contributed by atoms with Crippen molar-refractivity contribution >= 4 is 6.09 Å². The van der Waals surface area contributed by atoms with E-state index in [0.717, 1.165) is 61.3 Å². The molecular formula is C34H57N3O2. The molecule has 0 aliphatic heterocycles. The molecule has 0 aromatic carbocycles. The molecule has 1 N–H and O–H groups in total. The maximum absolute atomic E-state index is 12.5. The smallest absolute Gasteiger partial charge is 0.407 e. The summed E-state index contributed by atoms with van der Waals surface area (Å²) in [4.78, 5) is 16.6. The lowest BCUT2D eigenvalue weighted by molar-refractivity contribution is -0.129. The molecule has 4 aliphatic carbocycles. The minimum atomic E-state index is -0.226. The van der Waals surface area contributed by atoms with E-state index in [0.29, 0.717) is 23.3 Å². The van der Waals surface area contributed by atoms with Crippen LogP contribution < -0.4 is 5.32 Å². The molecular weight excluding hydrogens is 482 g/mol. The second-order valence-corrected chi connectivity index (χ2v) is 15.1. The summed E-state index contributed by atoms with van der Waals surface area (Å²) in [6.07, 6.45) is 22.5. The molecule has 1 heterocycles. The first-order chi connectivity index (χ1) is 18.7. The summed E-state index contributed by atoms with van der Waals surface area (Å²) in [5.41, 5.74) is 1.00. The summed E-state index contributed by atoms with van der Waals surface area (Å²) in [7, 11) is 0. The summed E-state index contributed by atoms with van der Waals surface area (Å²) in [6, 6.07) is 0. The van der Waals surface area contributed by atoms with Crippen molar-refractivity contribution in [3.8, 4) is 0 Å². The Morgan fingerprint density at radius 2 is 1.79 bits per heavy atom. The van der Waals surface area contributed by atoms with E-state index < -0.39 is 0 Å². The van der Waals surface area contributed by atoms with Gasteiger partial charge in [0.2, 0.25) is 0 Å². The van der Waals surface area contributed by atoms with Gasteiger partial charge in [0.25, 0.3) is 0 Å². The van der Waals surface area contributed by atoms with Gasteiger partial charge in [-0.2, -0.15) is 0 Å². The van der Waals surface area contributed by atoms with Crippen molar-refractivity contribution in [3.05, 3.63) is 18.7 Å². The molecule has 1 aromatic heterocycles. The summed E-state index contributed by atoms with van der Waals surface area (Å²) in [5, 5.41) is 2.98. The number of amides is 1. The Hall–Kier alpha value is -1.52. The number of ether oxygens (including phenoxy) is 1. The molecule has 0 saturated heterocycles. The molecule has 39 heavy (non-hydrogen) atoms. The van der Waals surface area contributed by atoms with Gasteiger partial charge in [-0.05, 0) is 116 Å². The number of hydrogen-bond acceptors (Lipinski definition) is 3. The number of nitrogens with one attached hydrogen (secondary N) is 1. The maximum atomic E-state index is 12.5. The topological polar surface area (TPSA) is 56.1 Å². The van der Waals surface area contributed by atoms with Crippen LogP contribution in [0, 0.1) is 52.3 Å². The van der Waals surface area contributed by atoms with Crippen molar-refractivity contribution in [2.45, 2.75) is 131 Å². The van der Waals surface area contributed by atoms with Gasteiger partial charge in [0.15, 0.2) is 0 Å². The zero-order valence-electron chi connectivity index (χ0n) is 25.7. The van der Waals surface area contributed by atoms with Crippen LogP contribution in [-0.4, -0.2) is 28.3 Å². The third kappa shape index (κ3) is 6.08. The van der Waals surface area contributed by atoms with E-state index in [9.17, 15) is 4.79 Å². The molecule has 0 spiro atoms. The summed E-state index contributed by atoms with van der Waals surface area (Å²) in [6.45, 7) is 14.2. The SMILES string of the molecule is CC(C)CCC[C@@H](C)[C@H]1CC[C@H]2[C@@H]3CCC4CC(OC(=O)NCCCn5ccnc5)CC[C@]4(C)[C@H]3CC[C@]12C. The van der Waals surface area contributed by atoms with Gasteiger partial charge in [-0.15, -0.1) is 0 Å². The number of alkyl carbamates (subject to hydrolysis) is 1. The van der Waals surface area contributed by atoms with E-state index in [1.165, 1.54) is 64.2 Å². The highest BCUT2D eigenvalue weighted by Crippen LogP contribution is 2.68. The molecule has 5 heteroatoms. The van der Waals surface area contributed by atoms with Crippen molar-refractivity contribution < 1.29 is 9.53 Å². The predicted octanol–water partition coefficient (Wildman–Crippen LogP) is 8.49. The number of nitrogens with zero attached hydrogens (tertiary/aromatic N) is 2. The van der Waals surface area contributed by atoms with E-state index >= 15 is 0 Å². The van der Waals surface area contributed by atoms with Crippen molar-refractivity contribution in [2.24, 2.45) is 52.3 Å². The number of aromatic nitrogens is 2. The van der Waals surface area contributed by atoms with Gasteiger partial charge in [-0.3, -0.25) is 0 Å². The van der Waals surface area contributed by atoms with Crippen LogP contribution in [0.3, 0.4) is 0 Å². The molecule has 2 unspecified atom stereocenters. The van der Waals surface area contributed by atoms with E-state index in [2.05, 4.69) is 44.9 Å². The van der Waals surface area contributed by atoms with Crippen LogP contribution in [0.5, 0.6) is 0 Å². The van der Waals surface area contributed by atoms with E-state index in [1.807, 2.05) is 17.1 Å². The number of fused-ring (bicyclic) bond motifs is 5. The van der Waals surface area contributed by atoms with Crippen LogP contribution >= 0.6 is 0 Å². The predicted molar refractivity (Wildman–Crippen MR) is 158 cm³/mol. The second-order valence-electron chi connectivity index (χ2n) is 15.1. The zero-order valence-corrected chi connectivity index (χ0v) is 25.7. The van der Waals surface area contributed by atoms with Crippen LogP contribution in [0.25, 0.3) is 0 Å². The maximum Gasteiger partial charge on any atom is 0.407 e. The Morgan fingerprint density at radius 1 is 1.00 bits per heavy atom. The lowest BCUT2D eigenvalue weighted by atomic mass is 9.44. The Morgan fingerprint density at radius 3 is 2.56 bits per heavy atom. The van der Waals surface area contributed by atoms with Gasteiger partial charge in [-0.1, -0.05) is 53.9 Å². The van der Waals surface area contributed by atoms with Crippen LogP contribution in [0.2, 0.25) is 0 Å². The molecule has 4 fully saturated rings. The van der Waals surface area contributed by atoms with Gasteiger partial charge in [-0.25, -0.2) is 9.78 Å². The van der Waals surface area contributed by atoms with Crippen LogP contribution in [0.15, 0.2) is 18.7 Å². The molecule has 1 amide bonds. The second kappa shape index (κ2) is 12.1. The first-order valence-electron chi connectivity index (χ1n) is 16.6. The van der Waals surface area contributed by atoms with Crippen LogP contribution in [0.1, 0.15) is 118 Å². The molecule has 5 rings (SSSR count). The standard InChI is InChI=1S/C34H57N3O2/c1-24(2)8-6-9-25(3)29-12-13-30-28-11-10-26-22-27(14-16-33(26,4)31(28)15-17-34(29,30)5)39-32(38)36-18-7-20-37-21-19-35-23-37/h19,21,23-31H,6-18,20,22H2,1-5H3,(H,36,38)/t25-,26?,27?,28+,29-,30+,31+,33+,34-/m1/s1. The summed E-state index contributed by atoms with van der Waals surface area (Å²) < 4.78 is 8.00. The average Bonchev–Trinajstić information content (AvgIpc) is 3.54. The number of imidazole rings is 1. The molecule has 9 atom stereocenters. The fraction of sp³-hybridized carbons (Fsp3) is 0.882. The van der Waals surface area contributed by atoms with E-state index in [-0.39, 0.29) is 12.2 Å². The molecule has 0 radical (unpaired) electrons. The zero-order chi connectivity index (χ0) is 27.6. The van der Waals surface area contributed by atoms with Crippen LogP contribution in [-0.2, 0) is 11.3 Å². The number of aryl methyl sites for hydroxylation is 1. The van der Waals surface area contributed by atoms with Crippen molar-refractivity contribution in [1.29, 1.82) is 0 Å². The largest absolute Gasteiger partial charge is 0.446 e. The summed E-state index contributed by atoms with van der Waals surface area (Å²) in [5.74, 6) is 6.10. The number of rotatable bonds is 10. The van der Waals surface area contributed by atoms with Crippen molar-refractivity contribution in [2.75, 3.05) is 6.54 Å². The lowest BCUT2D eigenvalue weighted by Gasteiger charge is -2.61. The van der Waals surface area contributed by atoms with Gasteiger partial charge in [0, 0.05) is 25.5 Å². The van der Waals surface area contributed by atoms with Crippen molar-refractivity contribution in [1.82, 2.24) is 14.9 Å². The highest BCUT2D eigenvalue weighted by Gasteiger charge is 2.60. The minimum Gasteiger partial charge on any atom is -0.446 e. The Kier molecular flexibility index (Phi) is 9.03. The first kappa shape index (κ1) is 29.0. The van der Waals surface area contributed by atoms with E-state index in [4.69, 9.17) is 4.74 Å². The Labute approximate surface area is 238 Å². The van der Waals surface area contributed by atoms with Gasteiger partial charge < -0.3 is 14.6 Å². The van der Waals surface area contributed by atoms with Gasteiger partial charge in [0.1, 0.15) is 6.10 Å². The monoisotopic (exact) mass is 539 g/mol. The Bertz CT molecular complexity index is 931. The van der Waals surface area contributed by atoms with Gasteiger partial charge >= 0.3 is 6.09 Å².